The van der Waals surface area contributed by atoms with E-state index in [0.29, 0.717) is 21.8 Å². The molecule has 0 bridgehead atoms. The fraction of sp³-hybridized carbons (Fsp3) is 0. The first kappa shape index (κ1) is 10.2. The number of ketones is 1. The molecule has 0 saturated heterocycles. The maximum atomic E-state index is 11.9. The van der Waals surface area contributed by atoms with Gasteiger partial charge in [-0.05, 0) is 29.6 Å². The first-order valence-corrected chi connectivity index (χ1v) is 5.62. The fourth-order valence-corrected chi connectivity index (χ4v) is 2.18. The number of thiophene rings is 1. The largest absolute Gasteiger partial charge is 0.399 e. The average Bonchev–Trinajstić information content (AvgIpc) is 2.67. The number of nitrogen functional groups attached to an aromatic ring is 1. The zero-order chi connectivity index (χ0) is 10.8. The summed E-state index contributed by atoms with van der Waals surface area (Å²) in [5.41, 5.74) is 7.31. The number of benzene rings is 1. The van der Waals surface area contributed by atoms with Gasteiger partial charge >= 0.3 is 0 Å². The second-order valence-corrected chi connectivity index (χ2v) is 4.33. The lowest BCUT2D eigenvalue weighted by atomic mass is 10.1. The van der Waals surface area contributed by atoms with Gasteiger partial charge in [0, 0.05) is 27.2 Å². The molecule has 76 valence electrons. The number of halogens is 1. The first-order valence-electron chi connectivity index (χ1n) is 4.30. The van der Waals surface area contributed by atoms with Gasteiger partial charge in [-0.25, -0.2) is 0 Å². The smallest absolute Gasteiger partial charge is 0.193 e. The summed E-state index contributed by atoms with van der Waals surface area (Å²) >= 11 is 7.31. The van der Waals surface area contributed by atoms with E-state index >= 15 is 0 Å². The first-order chi connectivity index (χ1) is 7.16. The molecule has 1 heterocycles. The molecule has 2 nitrogen and oxygen atoms in total. The summed E-state index contributed by atoms with van der Waals surface area (Å²) in [5, 5.41) is 4.15. The van der Waals surface area contributed by atoms with Gasteiger partial charge in [-0.3, -0.25) is 4.79 Å². The highest BCUT2D eigenvalue weighted by Crippen LogP contribution is 2.20. The Bertz CT molecular complexity index is 473. The van der Waals surface area contributed by atoms with Crippen LogP contribution in [0.3, 0.4) is 0 Å². The maximum absolute atomic E-state index is 11.9. The summed E-state index contributed by atoms with van der Waals surface area (Å²) < 4.78 is 0. The second-order valence-electron chi connectivity index (χ2n) is 3.11. The predicted octanol–water partition coefficient (Wildman–Crippen LogP) is 3.21. The standard InChI is InChI=1S/C11H8ClNOS/c12-9-3-8(4-10(13)5-9)11(14)7-1-2-15-6-7/h1-6H,13H2. The lowest BCUT2D eigenvalue weighted by molar-refractivity contribution is 0.103. The lowest BCUT2D eigenvalue weighted by Gasteiger charge is -2.01. The molecule has 0 aliphatic heterocycles. The minimum atomic E-state index is -0.0505. The Balaban J connectivity index is 2.42. The van der Waals surface area contributed by atoms with Crippen LogP contribution < -0.4 is 5.73 Å². The predicted molar refractivity (Wildman–Crippen MR) is 63.6 cm³/mol. The lowest BCUT2D eigenvalue weighted by Crippen LogP contribution is -2.00. The molecule has 4 heteroatoms. The van der Waals surface area contributed by atoms with E-state index in [0.717, 1.165) is 0 Å². The van der Waals surface area contributed by atoms with Crippen molar-refractivity contribution in [3.63, 3.8) is 0 Å². The molecule has 2 N–H and O–H groups in total. The fourth-order valence-electron chi connectivity index (χ4n) is 1.30. The van der Waals surface area contributed by atoms with Crippen LogP contribution in [0.2, 0.25) is 5.02 Å². The Morgan fingerprint density at radius 1 is 1.27 bits per heavy atom. The molecule has 0 aliphatic carbocycles. The Morgan fingerprint density at radius 2 is 2.07 bits per heavy atom. The summed E-state index contributed by atoms with van der Waals surface area (Å²) in [7, 11) is 0. The van der Waals surface area contributed by atoms with Crippen molar-refractivity contribution in [2.45, 2.75) is 0 Å². The van der Waals surface area contributed by atoms with Crippen molar-refractivity contribution >= 4 is 34.4 Å². The molecule has 2 aromatic rings. The van der Waals surface area contributed by atoms with Crippen molar-refractivity contribution in [3.8, 4) is 0 Å². The van der Waals surface area contributed by atoms with Gasteiger partial charge in [0.1, 0.15) is 0 Å². The summed E-state index contributed by atoms with van der Waals surface area (Å²) in [4.78, 5) is 11.9. The van der Waals surface area contributed by atoms with Crippen LogP contribution in [0.25, 0.3) is 0 Å². The third kappa shape index (κ3) is 2.19. The van der Waals surface area contributed by atoms with Crippen LogP contribution in [0, 0.1) is 0 Å². The highest BCUT2D eigenvalue weighted by atomic mass is 35.5. The maximum Gasteiger partial charge on any atom is 0.193 e. The van der Waals surface area contributed by atoms with Gasteiger partial charge in [0.25, 0.3) is 0 Å². The molecule has 0 amide bonds. The van der Waals surface area contributed by atoms with Gasteiger partial charge in [0.15, 0.2) is 5.78 Å². The number of nitrogens with two attached hydrogens (primary N) is 1. The van der Waals surface area contributed by atoms with Crippen molar-refractivity contribution < 1.29 is 4.79 Å². The van der Waals surface area contributed by atoms with Crippen molar-refractivity contribution in [1.82, 2.24) is 0 Å². The van der Waals surface area contributed by atoms with Crippen LogP contribution in [0.4, 0.5) is 5.69 Å². The van der Waals surface area contributed by atoms with Crippen molar-refractivity contribution in [3.05, 3.63) is 51.2 Å². The molecule has 0 radical (unpaired) electrons. The van der Waals surface area contributed by atoms with Gasteiger partial charge in [0.2, 0.25) is 0 Å². The number of carbonyl (C=O) groups is 1. The third-order valence-electron chi connectivity index (χ3n) is 1.97. The van der Waals surface area contributed by atoms with E-state index in [1.54, 1.807) is 29.6 Å². The molecule has 0 atom stereocenters. The summed E-state index contributed by atoms with van der Waals surface area (Å²) in [6.07, 6.45) is 0. The van der Waals surface area contributed by atoms with E-state index in [2.05, 4.69) is 0 Å². The second kappa shape index (κ2) is 4.04. The Morgan fingerprint density at radius 3 is 2.67 bits per heavy atom. The van der Waals surface area contributed by atoms with E-state index < -0.39 is 0 Å². The average molecular weight is 238 g/mol. The zero-order valence-electron chi connectivity index (χ0n) is 7.74. The minimum absolute atomic E-state index is 0.0505. The molecule has 2 rings (SSSR count). The number of rotatable bonds is 2. The zero-order valence-corrected chi connectivity index (χ0v) is 9.31. The van der Waals surface area contributed by atoms with Crippen molar-refractivity contribution in [1.29, 1.82) is 0 Å². The minimum Gasteiger partial charge on any atom is -0.399 e. The van der Waals surface area contributed by atoms with E-state index in [1.165, 1.54) is 11.3 Å². The van der Waals surface area contributed by atoms with Gasteiger partial charge in [-0.1, -0.05) is 11.6 Å². The Hall–Kier alpha value is -1.32. The van der Waals surface area contributed by atoms with Gasteiger partial charge in [0.05, 0.1) is 0 Å². The highest BCUT2D eigenvalue weighted by Gasteiger charge is 2.10. The molecule has 0 spiro atoms. The summed E-state index contributed by atoms with van der Waals surface area (Å²) in [6, 6.07) is 6.65. The third-order valence-corrected chi connectivity index (χ3v) is 2.87. The summed E-state index contributed by atoms with van der Waals surface area (Å²) in [6.45, 7) is 0. The van der Waals surface area contributed by atoms with Gasteiger partial charge < -0.3 is 5.73 Å². The van der Waals surface area contributed by atoms with Crippen molar-refractivity contribution in [2.24, 2.45) is 0 Å². The highest BCUT2D eigenvalue weighted by molar-refractivity contribution is 7.08. The van der Waals surface area contributed by atoms with E-state index in [-0.39, 0.29) is 5.78 Å². The molecule has 0 fully saturated rings. The van der Waals surface area contributed by atoms with Gasteiger partial charge in [-0.2, -0.15) is 11.3 Å². The van der Waals surface area contributed by atoms with Crippen molar-refractivity contribution in [2.75, 3.05) is 5.73 Å². The topological polar surface area (TPSA) is 43.1 Å². The van der Waals surface area contributed by atoms with E-state index in [9.17, 15) is 4.79 Å². The molecule has 1 aromatic carbocycles. The molecule has 0 aliphatic rings. The SMILES string of the molecule is Nc1cc(Cl)cc(C(=O)c2ccsc2)c1. The van der Waals surface area contributed by atoms with E-state index in [4.69, 9.17) is 17.3 Å². The molecular formula is C11H8ClNOS. The molecule has 0 saturated carbocycles. The molecule has 0 unspecified atom stereocenters. The van der Waals surface area contributed by atoms with Crippen LogP contribution in [-0.2, 0) is 0 Å². The van der Waals surface area contributed by atoms with Crippen LogP contribution in [0.5, 0.6) is 0 Å². The monoisotopic (exact) mass is 237 g/mol. The molecule has 15 heavy (non-hydrogen) atoms. The molecule has 1 aromatic heterocycles. The molecular weight excluding hydrogens is 230 g/mol. The number of carbonyl (C=O) groups excluding carboxylic acids is 1. The van der Waals surface area contributed by atoms with Crippen LogP contribution in [0.15, 0.2) is 35.0 Å². The van der Waals surface area contributed by atoms with Crippen LogP contribution in [-0.4, -0.2) is 5.78 Å². The van der Waals surface area contributed by atoms with E-state index in [1.807, 2.05) is 5.38 Å². The Labute approximate surface area is 96.3 Å². The number of hydrogen-bond donors (Lipinski definition) is 1. The Kier molecular flexibility index (Phi) is 2.75. The van der Waals surface area contributed by atoms with Gasteiger partial charge in [-0.15, -0.1) is 0 Å². The number of hydrogen-bond acceptors (Lipinski definition) is 3. The van der Waals surface area contributed by atoms with Crippen LogP contribution >= 0.6 is 22.9 Å². The normalized spacial score (nSPS) is 10.2. The number of anilines is 1. The van der Waals surface area contributed by atoms with Crippen LogP contribution in [0.1, 0.15) is 15.9 Å². The quantitative estimate of drug-likeness (QED) is 0.644. The summed E-state index contributed by atoms with van der Waals surface area (Å²) in [5.74, 6) is -0.0505.